The van der Waals surface area contributed by atoms with Crippen LogP contribution < -0.4 is 16.0 Å². The Morgan fingerprint density at radius 3 is 2.15 bits per heavy atom. The number of nitrogens with zero attached hydrogens (tertiary/aromatic N) is 1. The molecule has 2 aromatic carbocycles. The predicted octanol–water partition coefficient (Wildman–Crippen LogP) is 4.69. The molecule has 7 heteroatoms. The Morgan fingerprint density at radius 2 is 1.52 bits per heavy atom. The number of hydrogen-bond acceptors (Lipinski definition) is 4. The molecule has 0 radical (unpaired) electrons. The summed E-state index contributed by atoms with van der Waals surface area (Å²) in [6.07, 6.45) is 1.57. The Bertz CT molecular complexity index is 956. The van der Waals surface area contributed by atoms with E-state index in [1.165, 1.54) is 6.92 Å². The topological polar surface area (TPSA) is 83.1 Å². The van der Waals surface area contributed by atoms with E-state index in [0.717, 1.165) is 17.1 Å². The van der Waals surface area contributed by atoms with Crippen molar-refractivity contribution in [3.63, 3.8) is 0 Å². The lowest BCUT2D eigenvalue weighted by Gasteiger charge is -2.09. The molecule has 3 N–H and O–H groups in total. The second-order valence-electron chi connectivity index (χ2n) is 5.75. The van der Waals surface area contributed by atoms with Crippen LogP contribution in [0, 0.1) is 0 Å². The quantitative estimate of drug-likeness (QED) is 0.599. The number of carbonyl (C=O) groups excluding carboxylic acids is 2. The van der Waals surface area contributed by atoms with Crippen LogP contribution in [0.4, 0.5) is 22.7 Å². The van der Waals surface area contributed by atoms with E-state index in [9.17, 15) is 9.59 Å². The van der Waals surface area contributed by atoms with Crippen LogP contribution in [0.1, 0.15) is 17.4 Å². The minimum Gasteiger partial charge on any atom is -0.354 e. The highest BCUT2D eigenvalue weighted by molar-refractivity contribution is 6.33. The first-order chi connectivity index (χ1) is 13.0. The van der Waals surface area contributed by atoms with Crippen molar-refractivity contribution in [2.75, 3.05) is 16.0 Å². The van der Waals surface area contributed by atoms with Crippen LogP contribution in [0.15, 0.2) is 66.9 Å². The van der Waals surface area contributed by atoms with Crippen molar-refractivity contribution in [1.29, 1.82) is 0 Å². The number of aromatic nitrogens is 1. The molecule has 0 aliphatic carbocycles. The van der Waals surface area contributed by atoms with E-state index < -0.39 is 0 Å². The Balaban J connectivity index is 1.64. The van der Waals surface area contributed by atoms with E-state index in [4.69, 9.17) is 11.6 Å². The molecule has 0 saturated carbocycles. The molecule has 136 valence electrons. The van der Waals surface area contributed by atoms with Gasteiger partial charge in [-0.05, 0) is 48.5 Å². The second kappa shape index (κ2) is 8.33. The molecule has 0 aliphatic rings. The van der Waals surface area contributed by atoms with Gasteiger partial charge >= 0.3 is 0 Å². The van der Waals surface area contributed by atoms with Gasteiger partial charge in [-0.15, -0.1) is 0 Å². The molecule has 1 aromatic heterocycles. The number of nitrogens with one attached hydrogen (secondary N) is 3. The Labute approximate surface area is 161 Å². The number of pyridine rings is 1. The van der Waals surface area contributed by atoms with E-state index in [0.29, 0.717) is 10.7 Å². The van der Waals surface area contributed by atoms with Gasteiger partial charge in [-0.1, -0.05) is 23.7 Å². The van der Waals surface area contributed by atoms with Gasteiger partial charge in [0, 0.05) is 18.3 Å². The average Bonchev–Trinajstić information content (AvgIpc) is 2.65. The molecule has 0 bridgehead atoms. The maximum Gasteiger partial charge on any atom is 0.274 e. The molecule has 1 heterocycles. The van der Waals surface area contributed by atoms with Gasteiger partial charge in [0.1, 0.15) is 5.69 Å². The van der Waals surface area contributed by atoms with Crippen molar-refractivity contribution in [2.45, 2.75) is 6.92 Å². The summed E-state index contributed by atoms with van der Waals surface area (Å²) >= 11 is 6.04. The van der Waals surface area contributed by atoms with Gasteiger partial charge in [0.15, 0.2) is 0 Å². The third-order valence-electron chi connectivity index (χ3n) is 3.61. The van der Waals surface area contributed by atoms with Crippen LogP contribution in [0.3, 0.4) is 0 Å². The number of para-hydroxylation sites is 1. The van der Waals surface area contributed by atoms with Gasteiger partial charge in [0.2, 0.25) is 5.91 Å². The average molecular weight is 381 g/mol. The first-order valence-corrected chi connectivity index (χ1v) is 8.56. The highest BCUT2D eigenvalue weighted by Crippen LogP contribution is 2.22. The highest BCUT2D eigenvalue weighted by atomic mass is 35.5. The normalized spacial score (nSPS) is 10.1. The van der Waals surface area contributed by atoms with Crippen molar-refractivity contribution in [2.24, 2.45) is 0 Å². The number of rotatable bonds is 5. The lowest BCUT2D eigenvalue weighted by Crippen LogP contribution is -2.13. The minimum absolute atomic E-state index is 0.120. The van der Waals surface area contributed by atoms with Gasteiger partial charge in [-0.3, -0.25) is 9.59 Å². The lowest BCUT2D eigenvalue weighted by atomic mass is 10.2. The monoisotopic (exact) mass is 380 g/mol. The zero-order chi connectivity index (χ0) is 19.2. The summed E-state index contributed by atoms with van der Waals surface area (Å²) in [5, 5.41) is 9.08. The first kappa shape index (κ1) is 18.4. The van der Waals surface area contributed by atoms with Gasteiger partial charge in [0.05, 0.1) is 22.6 Å². The predicted molar refractivity (Wildman–Crippen MR) is 108 cm³/mol. The number of amides is 2. The summed E-state index contributed by atoms with van der Waals surface area (Å²) < 4.78 is 0. The van der Waals surface area contributed by atoms with Crippen LogP contribution in [-0.2, 0) is 4.79 Å². The fourth-order valence-electron chi connectivity index (χ4n) is 2.36. The van der Waals surface area contributed by atoms with E-state index in [2.05, 4.69) is 20.9 Å². The highest BCUT2D eigenvalue weighted by Gasteiger charge is 2.09. The van der Waals surface area contributed by atoms with Crippen molar-refractivity contribution in [3.8, 4) is 0 Å². The lowest BCUT2D eigenvalue weighted by molar-refractivity contribution is -0.114. The van der Waals surface area contributed by atoms with E-state index >= 15 is 0 Å². The number of halogens is 1. The third-order valence-corrected chi connectivity index (χ3v) is 3.94. The van der Waals surface area contributed by atoms with Crippen molar-refractivity contribution in [1.82, 2.24) is 4.98 Å². The number of benzene rings is 2. The first-order valence-electron chi connectivity index (χ1n) is 8.18. The summed E-state index contributed by atoms with van der Waals surface area (Å²) in [6.45, 7) is 1.46. The molecule has 3 aromatic rings. The van der Waals surface area contributed by atoms with Gasteiger partial charge in [-0.2, -0.15) is 0 Å². The maximum atomic E-state index is 12.3. The van der Waals surface area contributed by atoms with E-state index in [-0.39, 0.29) is 17.5 Å². The van der Waals surface area contributed by atoms with E-state index in [1.807, 2.05) is 12.1 Å². The molecular formula is C20H17ClN4O2. The molecule has 0 atom stereocenters. The molecule has 27 heavy (non-hydrogen) atoms. The van der Waals surface area contributed by atoms with Gasteiger partial charge in [0.25, 0.3) is 5.91 Å². The number of hydrogen-bond donors (Lipinski definition) is 3. The van der Waals surface area contributed by atoms with Gasteiger partial charge in [-0.25, -0.2) is 4.98 Å². The summed E-state index contributed by atoms with van der Waals surface area (Å²) in [6, 6.07) is 17.7. The fraction of sp³-hybridized carbons (Fsp3) is 0.0500. The number of anilines is 4. The Hall–Kier alpha value is -3.38. The summed E-state index contributed by atoms with van der Waals surface area (Å²) in [4.78, 5) is 27.5. The van der Waals surface area contributed by atoms with Crippen LogP contribution in [0.5, 0.6) is 0 Å². The van der Waals surface area contributed by atoms with Crippen LogP contribution in [-0.4, -0.2) is 16.8 Å². The molecule has 6 nitrogen and oxygen atoms in total. The number of carbonyl (C=O) groups is 2. The molecule has 0 aliphatic heterocycles. The maximum absolute atomic E-state index is 12.3. The van der Waals surface area contributed by atoms with E-state index in [1.54, 1.807) is 54.7 Å². The van der Waals surface area contributed by atoms with Crippen LogP contribution >= 0.6 is 11.6 Å². The fourth-order valence-corrected chi connectivity index (χ4v) is 2.54. The standard InChI is InChI=1S/C20H17ClN4O2/c1-13(26)23-14-6-8-15(9-7-14)24-16-10-11-19(22-12-16)20(27)25-18-5-3-2-4-17(18)21/h2-12,24H,1H3,(H,23,26)(H,25,27). The molecule has 3 rings (SSSR count). The van der Waals surface area contributed by atoms with Crippen molar-refractivity contribution in [3.05, 3.63) is 77.6 Å². The van der Waals surface area contributed by atoms with Crippen molar-refractivity contribution < 1.29 is 9.59 Å². The van der Waals surface area contributed by atoms with Crippen LogP contribution in [0.2, 0.25) is 5.02 Å². The van der Waals surface area contributed by atoms with Crippen LogP contribution in [0.25, 0.3) is 0 Å². The molecule has 0 unspecified atom stereocenters. The Morgan fingerprint density at radius 1 is 0.852 bits per heavy atom. The second-order valence-corrected chi connectivity index (χ2v) is 6.16. The zero-order valence-corrected chi connectivity index (χ0v) is 15.2. The molecular weight excluding hydrogens is 364 g/mol. The SMILES string of the molecule is CC(=O)Nc1ccc(Nc2ccc(C(=O)Nc3ccccc3Cl)nc2)cc1. The Kier molecular flexibility index (Phi) is 5.68. The largest absolute Gasteiger partial charge is 0.354 e. The summed E-state index contributed by atoms with van der Waals surface area (Å²) in [7, 11) is 0. The minimum atomic E-state index is -0.339. The smallest absolute Gasteiger partial charge is 0.274 e. The molecule has 0 fully saturated rings. The molecule has 0 saturated heterocycles. The molecule has 2 amide bonds. The summed E-state index contributed by atoms with van der Waals surface area (Å²) in [5.74, 6) is -0.458. The van der Waals surface area contributed by atoms with Gasteiger partial charge < -0.3 is 16.0 Å². The van der Waals surface area contributed by atoms with Crippen molar-refractivity contribution >= 4 is 46.2 Å². The third kappa shape index (κ3) is 5.05. The summed E-state index contributed by atoms with van der Waals surface area (Å²) in [5.41, 5.74) is 3.10. The zero-order valence-electron chi connectivity index (χ0n) is 14.5. The molecule has 0 spiro atoms.